The minimum atomic E-state index is -0.153. The second-order valence-electron chi connectivity index (χ2n) is 6.20. The molecule has 1 unspecified atom stereocenters. The maximum atomic E-state index is 12.4. The van der Waals surface area contributed by atoms with Crippen LogP contribution in [-0.4, -0.2) is 35.2 Å². The third-order valence-corrected chi connectivity index (χ3v) is 4.42. The van der Waals surface area contributed by atoms with E-state index in [-0.39, 0.29) is 11.8 Å². The molecule has 134 valence electrons. The lowest BCUT2D eigenvalue weighted by Gasteiger charge is -2.26. The number of nitrogens with one attached hydrogen (secondary N) is 1. The number of ether oxygens (including phenoxy) is 2. The van der Waals surface area contributed by atoms with Crippen LogP contribution in [0.5, 0.6) is 11.5 Å². The molecule has 25 heavy (non-hydrogen) atoms. The first kappa shape index (κ1) is 17.3. The summed E-state index contributed by atoms with van der Waals surface area (Å²) in [5, 5.41) is 3.02. The van der Waals surface area contributed by atoms with E-state index in [1.165, 1.54) is 0 Å². The van der Waals surface area contributed by atoms with Gasteiger partial charge in [0.2, 0.25) is 5.91 Å². The molecule has 0 aliphatic carbocycles. The van der Waals surface area contributed by atoms with Crippen molar-refractivity contribution in [2.75, 3.05) is 19.8 Å². The third kappa shape index (κ3) is 4.13. The second-order valence-corrected chi connectivity index (χ2v) is 6.20. The Morgan fingerprint density at radius 3 is 3.12 bits per heavy atom. The number of benzene rings is 1. The van der Waals surface area contributed by atoms with Crippen LogP contribution in [0.2, 0.25) is 0 Å². The topological polar surface area (TPSA) is 65.4 Å². The van der Waals surface area contributed by atoms with Crippen LogP contribution < -0.4 is 14.8 Å². The van der Waals surface area contributed by atoms with Crippen LogP contribution in [0.4, 0.5) is 0 Å². The van der Waals surface area contributed by atoms with E-state index in [4.69, 9.17) is 9.47 Å². The average molecular weight is 343 g/mol. The first-order chi connectivity index (χ1) is 12.2. The molecule has 1 N–H and O–H groups in total. The molecule has 3 rings (SSSR count). The molecule has 1 atom stereocenters. The van der Waals surface area contributed by atoms with Gasteiger partial charge in [-0.15, -0.1) is 0 Å². The maximum Gasteiger partial charge on any atom is 0.226 e. The third-order valence-electron chi connectivity index (χ3n) is 4.42. The number of aryl methyl sites for hydroxylation is 2. The molecule has 6 nitrogen and oxygen atoms in total. The van der Waals surface area contributed by atoms with Gasteiger partial charge in [0, 0.05) is 25.5 Å². The Hall–Kier alpha value is -2.50. The van der Waals surface area contributed by atoms with Gasteiger partial charge in [-0.25, -0.2) is 4.98 Å². The van der Waals surface area contributed by atoms with E-state index in [9.17, 15) is 4.79 Å². The smallest absolute Gasteiger partial charge is 0.226 e. The van der Waals surface area contributed by atoms with Crippen LogP contribution in [0.15, 0.2) is 30.6 Å². The molecular weight excluding hydrogens is 318 g/mol. The number of nitrogens with zero attached hydrogens (tertiary/aromatic N) is 2. The fraction of sp³-hybridized carbons (Fsp3) is 0.474. The molecule has 0 fully saturated rings. The summed E-state index contributed by atoms with van der Waals surface area (Å²) in [6.07, 6.45) is 5.31. The van der Waals surface area contributed by atoms with Crippen molar-refractivity contribution in [2.45, 2.75) is 33.2 Å². The van der Waals surface area contributed by atoms with Crippen molar-refractivity contribution in [1.29, 1.82) is 0 Å². The van der Waals surface area contributed by atoms with Crippen LogP contribution in [-0.2, 0) is 17.8 Å². The van der Waals surface area contributed by atoms with E-state index in [0.29, 0.717) is 26.2 Å². The van der Waals surface area contributed by atoms with Gasteiger partial charge < -0.3 is 19.4 Å². The molecule has 1 aliphatic rings. The summed E-state index contributed by atoms with van der Waals surface area (Å²) >= 11 is 0. The van der Waals surface area contributed by atoms with Gasteiger partial charge in [0.15, 0.2) is 11.5 Å². The number of carbonyl (C=O) groups is 1. The zero-order chi connectivity index (χ0) is 17.6. The molecular formula is C19H25N3O3. The average Bonchev–Trinajstić information content (AvgIpc) is 3.03. The number of carbonyl (C=O) groups excluding carboxylic acids is 1. The van der Waals surface area contributed by atoms with Crippen LogP contribution in [0.25, 0.3) is 0 Å². The molecule has 0 bridgehead atoms. The molecule has 0 saturated carbocycles. The van der Waals surface area contributed by atoms with Gasteiger partial charge in [0.1, 0.15) is 12.4 Å². The van der Waals surface area contributed by atoms with E-state index in [0.717, 1.165) is 35.9 Å². The quantitative estimate of drug-likeness (QED) is 0.784. The van der Waals surface area contributed by atoms with Crippen molar-refractivity contribution in [3.8, 4) is 11.5 Å². The lowest BCUT2D eigenvalue weighted by Crippen LogP contribution is -2.38. The highest BCUT2D eigenvalue weighted by Crippen LogP contribution is 2.36. The van der Waals surface area contributed by atoms with Crippen LogP contribution >= 0.6 is 0 Å². The van der Waals surface area contributed by atoms with Crippen molar-refractivity contribution in [1.82, 2.24) is 14.9 Å². The molecule has 1 aliphatic heterocycles. The number of amides is 1. The molecule has 1 aromatic heterocycles. The van der Waals surface area contributed by atoms with Gasteiger partial charge in [0.05, 0.1) is 12.5 Å². The molecule has 6 heteroatoms. The zero-order valence-electron chi connectivity index (χ0n) is 14.8. The number of aromatic nitrogens is 2. The fourth-order valence-electron chi connectivity index (χ4n) is 3.08. The normalized spacial score (nSPS) is 16.0. The maximum absolute atomic E-state index is 12.4. The Morgan fingerprint density at radius 2 is 2.36 bits per heavy atom. The highest BCUT2D eigenvalue weighted by atomic mass is 16.5. The minimum Gasteiger partial charge on any atom is -0.490 e. The zero-order valence-corrected chi connectivity index (χ0v) is 14.8. The molecule has 0 saturated heterocycles. The summed E-state index contributed by atoms with van der Waals surface area (Å²) in [5.74, 6) is 2.43. The summed E-state index contributed by atoms with van der Waals surface area (Å²) in [7, 11) is 0. The summed E-state index contributed by atoms with van der Waals surface area (Å²) in [6, 6.07) is 5.85. The van der Waals surface area contributed by atoms with Crippen molar-refractivity contribution in [3.05, 3.63) is 42.0 Å². The van der Waals surface area contributed by atoms with E-state index < -0.39 is 0 Å². The molecule has 1 aromatic carbocycles. The van der Waals surface area contributed by atoms with Crippen LogP contribution in [0.3, 0.4) is 0 Å². The number of hydrogen-bond acceptors (Lipinski definition) is 4. The van der Waals surface area contributed by atoms with Gasteiger partial charge in [-0.2, -0.15) is 0 Å². The van der Waals surface area contributed by atoms with Gasteiger partial charge in [0.25, 0.3) is 0 Å². The highest BCUT2D eigenvalue weighted by Gasteiger charge is 2.27. The Labute approximate surface area is 148 Å². The van der Waals surface area contributed by atoms with E-state index >= 15 is 0 Å². The fourth-order valence-corrected chi connectivity index (χ4v) is 3.08. The van der Waals surface area contributed by atoms with Crippen LogP contribution in [0.1, 0.15) is 24.7 Å². The summed E-state index contributed by atoms with van der Waals surface area (Å²) in [4.78, 5) is 16.6. The summed E-state index contributed by atoms with van der Waals surface area (Å²) in [6.45, 7) is 6.42. The van der Waals surface area contributed by atoms with Crippen molar-refractivity contribution >= 4 is 5.91 Å². The number of hydrogen-bond donors (Lipinski definition) is 1. The van der Waals surface area contributed by atoms with Crippen molar-refractivity contribution < 1.29 is 14.3 Å². The number of rotatable bonds is 7. The lowest BCUT2D eigenvalue weighted by molar-refractivity contribution is -0.126. The second kappa shape index (κ2) is 8.05. The first-order valence-corrected chi connectivity index (χ1v) is 8.82. The largest absolute Gasteiger partial charge is 0.490 e. The van der Waals surface area contributed by atoms with E-state index in [1.807, 2.05) is 38.2 Å². The highest BCUT2D eigenvalue weighted by molar-refractivity contribution is 5.79. The van der Waals surface area contributed by atoms with Crippen molar-refractivity contribution in [2.24, 2.45) is 5.92 Å². The van der Waals surface area contributed by atoms with Crippen molar-refractivity contribution in [3.63, 3.8) is 0 Å². The molecule has 2 heterocycles. The SMILES string of the molecule is CCOc1cccc2c1OCC(C(=O)NCCCn1ccnc1C)C2. The summed E-state index contributed by atoms with van der Waals surface area (Å²) < 4.78 is 13.5. The molecule has 2 aromatic rings. The monoisotopic (exact) mass is 343 g/mol. The number of para-hydroxylation sites is 1. The van der Waals surface area contributed by atoms with Gasteiger partial charge in [-0.05, 0) is 38.3 Å². The number of fused-ring (bicyclic) bond motifs is 1. The standard InChI is InChI=1S/C19H25N3O3/c1-3-24-17-7-4-6-15-12-16(13-25-18(15)17)19(23)21-8-5-10-22-11-9-20-14(22)2/h4,6-7,9,11,16H,3,5,8,10,12-13H2,1-2H3,(H,21,23). The molecule has 0 radical (unpaired) electrons. The molecule has 1 amide bonds. The Morgan fingerprint density at radius 1 is 1.48 bits per heavy atom. The van der Waals surface area contributed by atoms with E-state index in [1.54, 1.807) is 6.20 Å². The summed E-state index contributed by atoms with van der Waals surface area (Å²) in [5.41, 5.74) is 1.03. The first-order valence-electron chi connectivity index (χ1n) is 8.82. The van der Waals surface area contributed by atoms with E-state index in [2.05, 4.69) is 14.9 Å². The Balaban J connectivity index is 1.49. The Kier molecular flexibility index (Phi) is 5.58. The molecule has 0 spiro atoms. The number of imidazole rings is 1. The van der Waals surface area contributed by atoms with Gasteiger partial charge in [-0.3, -0.25) is 4.79 Å². The predicted octanol–water partition coefficient (Wildman–Crippen LogP) is 2.35. The van der Waals surface area contributed by atoms with Gasteiger partial charge in [-0.1, -0.05) is 12.1 Å². The lowest BCUT2D eigenvalue weighted by atomic mass is 9.95. The minimum absolute atomic E-state index is 0.0508. The van der Waals surface area contributed by atoms with Crippen LogP contribution in [0, 0.1) is 12.8 Å². The van der Waals surface area contributed by atoms with Gasteiger partial charge >= 0.3 is 0 Å². The predicted molar refractivity (Wildman–Crippen MR) is 94.9 cm³/mol. The Bertz CT molecular complexity index is 726.